The summed E-state index contributed by atoms with van der Waals surface area (Å²) >= 11 is 0. The molecule has 0 aliphatic carbocycles. The Hall–Kier alpha value is -1.88. The minimum atomic E-state index is -0.739. The van der Waals surface area contributed by atoms with Crippen LogP contribution in [0.25, 0.3) is 10.9 Å². The number of hydrogen-bond acceptors (Lipinski definition) is 3. The summed E-state index contributed by atoms with van der Waals surface area (Å²) in [6.45, 7) is 3.39. The van der Waals surface area contributed by atoms with Gasteiger partial charge in [0.05, 0.1) is 23.6 Å². The predicted molar refractivity (Wildman–Crippen MR) is 69.9 cm³/mol. The lowest BCUT2D eigenvalue weighted by molar-refractivity contribution is 0.170. The van der Waals surface area contributed by atoms with Crippen molar-refractivity contribution in [2.75, 3.05) is 0 Å². The molecule has 1 aromatic heterocycles. The number of benzene rings is 1. The highest BCUT2D eigenvalue weighted by atomic mass is 16.3. The van der Waals surface area contributed by atoms with E-state index >= 15 is 0 Å². The van der Waals surface area contributed by atoms with Crippen LogP contribution < -0.4 is 11.2 Å². The summed E-state index contributed by atoms with van der Waals surface area (Å²) < 4.78 is 2.52. The number of fused-ring (bicyclic) bond motifs is 1. The van der Waals surface area contributed by atoms with Crippen LogP contribution in [0.4, 0.5) is 0 Å². The lowest BCUT2D eigenvalue weighted by Gasteiger charge is -2.12. The highest BCUT2D eigenvalue weighted by molar-refractivity contribution is 5.81. The molecule has 0 aliphatic heterocycles. The molecule has 5 nitrogen and oxygen atoms in total. The zero-order chi connectivity index (χ0) is 13.4. The molecule has 1 heterocycles. The number of aryl methyl sites for hydroxylation is 2. The molecule has 0 saturated carbocycles. The van der Waals surface area contributed by atoms with Gasteiger partial charge in [-0.3, -0.25) is 13.9 Å². The summed E-state index contributed by atoms with van der Waals surface area (Å²) in [5, 5.41) is 9.91. The number of aromatic nitrogens is 2. The van der Waals surface area contributed by atoms with Gasteiger partial charge in [0.25, 0.3) is 5.56 Å². The fourth-order valence-corrected chi connectivity index (χ4v) is 2.14. The molecule has 18 heavy (non-hydrogen) atoms. The van der Waals surface area contributed by atoms with Gasteiger partial charge >= 0.3 is 5.69 Å². The zero-order valence-corrected chi connectivity index (χ0v) is 10.7. The van der Waals surface area contributed by atoms with Gasteiger partial charge in [-0.1, -0.05) is 12.1 Å². The molecule has 0 aliphatic rings. The topological polar surface area (TPSA) is 64.2 Å². The largest absolute Gasteiger partial charge is 0.392 e. The van der Waals surface area contributed by atoms with Crippen LogP contribution in [0, 0.1) is 6.92 Å². The minimum absolute atomic E-state index is 0.00970. The Bertz CT molecular complexity index is 710. The van der Waals surface area contributed by atoms with E-state index in [-0.39, 0.29) is 12.1 Å². The summed E-state index contributed by atoms with van der Waals surface area (Å²) in [6, 6.07) is 5.40. The van der Waals surface area contributed by atoms with Gasteiger partial charge in [-0.2, -0.15) is 0 Å². The maximum absolute atomic E-state index is 12.3. The van der Waals surface area contributed by atoms with Crippen molar-refractivity contribution in [3.63, 3.8) is 0 Å². The third-order valence-electron chi connectivity index (χ3n) is 3.04. The van der Waals surface area contributed by atoms with E-state index in [1.807, 2.05) is 19.1 Å². The minimum Gasteiger partial charge on any atom is -0.392 e. The molecule has 0 amide bonds. The Labute approximate surface area is 104 Å². The SMILES string of the molecule is Cc1cccc2c1c(=O)n(CC(C)O)c(=O)n2C. The van der Waals surface area contributed by atoms with E-state index in [1.165, 1.54) is 4.57 Å². The second-order valence-electron chi connectivity index (χ2n) is 4.58. The summed E-state index contributed by atoms with van der Waals surface area (Å²) in [5.74, 6) is 0. The molecule has 0 fully saturated rings. The highest BCUT2D eigenvalue weighted by Crippen LogP contribution is 2.11. The van der Waals surface area contributed by atoms with E-state index in [0.29, 0.717) is 10.9 Å². The monoisotopic (exact) mass is 248 g/mol. The van der Waals surface area contributed by atoms with Crippen molar-refractivity contribution < 1.29 is 5.11 Å². The normalized spacial score (nSPS) is 12.9. The van der Waals surface area contributed by atoms with Gasteiger partial charge in [0.15, 0.2) is 0 Å². The Morgan fingerprint density at radius 3 is 2.61 bits per heavy atom. The first-order valence-corrected chi connectivity index (χ1v) is 5.80. The Morgan fingerprint density at radius 1 is 1.33 bits per heavy atom. The van der Waals surface area contributed by atoms with Crippen LogP contribution in [0.5, 0.6) is 0 Å². The second kappa shape index (κ2) is 4.42. The van der Waals surface area contributed by atoms with Gasteiger partial charge in [0.2, 0.25) is 0 Å². The molecule has 2 aromatic rings. The Balaban J connectivity index is 2.94. The van der Waals surface area contributed by atoms with Crippen LogP contribution >= 0.6 is 0 Å². The molecule has 0 spiro atoms. The number of hydrogen-bond donors (Lipinski definition) is 1. The Morgan fingerprint density at radius 2 is 2.00 bits per heavy atom. The van der Waals surface area contributed by atoms with Crippen LogP contribution in [0.1, 0.15) is 12.5 Å². The maximum atomic E-state index is 12.3. The standard InChI is InChI=1S/C13H16N2O3/c1-8-5-4-6-10-11(8)12(17)15(7-9(2)16)13(18)14(10)3/h4-6,9,16H,7H2,1-3H3. The summed E-state index contributed by atoms with van der Waals surface area (Å²) in [5.41, 5.74) is 0.699. The molecule has 2 rings (SSSR count). The lowest BCUT2D eigenvalue weighted by atomic mass is 10.1. The number of nitrogens with zero attached hydrogens (tertiary/aromatic N) is 2. The smallest absolute Gasteiger partial charge is 0.331 e. The van der Waals surface area contributed by atoms with Gasteiger partial charge in [-0.15, -0.1) is 0 Å². The highest BCUT2D eigenvalue weighted by Gasteiger charge is 2.13. The average Bonchev–Trinajstić information content (AvgIpc) is 2.31. The lowest BCUT2D eigenvalue weighted by Crippen LogP contribution is -2.41. The summed E-state index contributed by atoms with van der Waals surface area (Å²) in [7, 11) is 1.63. The second-order valence-corrected chi connectivity index (χ2v) is 4.58. The van der Waals surface area contributed by atoms with Crippen molar-refractivity contribution in [3.05, 3.63) is 44.6 Å². The predicted octanol–water partition coefficient (Wildman–Crippen LogP) is 0.389. The molecular formula is C13H16N2O3. The van der Waals surface area contributed by atoms with E-state index < -0.39 is 11.8 Å². The molecule has 1 unspecified atom stereocenters. The summed E-state index contributed by atoms with van der Waals surface area (Å²) in [6.07, 6.45) is -0.739. The molecule has 96 valence electrons. The van der Waals surface area contributed by atoms with Crippen LogP contribution in [-0.2, 0) is 13.6 Å². The first kappa shape index (κ1) is 12.6. The first-order valence-electron chi connectivity index (χ1n) is 5.80. The van der Waals surface area contributed by atoms with Gasteiger partial charge < -0.3 is 5.11 Å². The average molecular weight is 248 g/mol. The van der Waals surface area contributed by atoms with E-state index in [1.54, 1.807) is 20.0 Å². The van der Waals surface area contributed by atoms with Crippen LogP contribution in [0.15, 0.2) is 27.8 Å². The van der Waals surface area contributed by atoms with E-state index in [9.17, 15) is 14.7 Å². The van der Waals surface area contributed by atoms with E-state index in [2.05, 4.69) is 0 Å². The number of aliphatic hydroxyl groups excluding tert-OH is 1. The third-order valence-corrected chi connectivity index (χ3v) is 3.04. The van der Waals surface area contributed by atoms with Crippen LogP contribution in [0.2, 0.25) is 0 Å². The Kier molecular flexibility index (Phi) is 3.09. The molecule has 0 saturated heterocycles. The van der Waals surface area contributed by atoms with Crippen LogP contribution in [-0.4, -0.2) is 20.3 Å². The molecule has 1 aromatic carbocycles. The van der Waals surface area contributed by atoms with Crippen molar-refractivity contribution in [1.29, 1.82) is 0 Å². The van der Waals surface area contributed by atoms with Gasteiger partial charge in [-0.25, -0.2) is 4.79 Å². The summed E-state index contributed by atoms with van der Waals surface area (Å²) in [4.78, 5) is 24.4. The number of aliphatic hydroxyl groups is 1. The number of rotatable bonds is 2. The molecule has 0 radical (unpaired) electrons. The zero-order valence-electron chi connectivity index (χ0n) is 10.7. The molecule has 1 N–H and O–H groups in total. The van der Waals surface area contributed by atoms with Gasteiger partial charge in [0, 0.05) is 7.05 Å². The van der Waals surface area contributed by atoms with Crippen molar-refractivity contribution in [1.82, 2.24) is 9.13 Å². The quantitative estimate of drug-likeness (QED) is 0.836. The van der Waals surface area contributed by atoms with Gasteiger partial charge in [-0.05, 0) is 25.5 Å². The van der Waals surface area contributed by atoms with E-state index in [4.69, 9.17) is 0 Å². The first-order chi connectivity index (χ1) is 8.43. The van der Waals surface area contributed by atoms with Crippen molar-refractivity contribution in [2.45, 2.75) is 26.5 Å². The van der Waals surface area contributed by atoms with Crippen LogP contribution in [0.3, 0.4) is 0 Å². The molecule has 5 heteroatoms. The third kappa shape index (κ3) is 1.86. The fourth-order valence-electron chi connectivity index (χ4n) is 2.14. The fraction of sp³-hybridized carbons (Fsp3) is 0.385. The molecular weight excluding hydrogens is 232 g/mol. The van der Waals surface area contributed by atoms with Crippen molar-refractivity contribution >= 4 is 10.9 Å². The van der Waals surface area contributed by atoms with Crippen molar-refractivity contribution in [2.24, 2.45) is 7.05 Å². The van der Waals surface area contributed by atoms with Gasteiger partial charge in [0.1, 0.15) is 0 Å². The molecule has 1 atom stereocenters. The maximum Gasteiger partial charge on any atom is 0.331 e. The van der Waals surface area contributed by atoms with Crippen molar-refractivity contribution in [3.8, 4) is 0 Å². The van der Waals surface area contributed by atoms with E-state index in [0.717, 1.165) is 10.1 Å². The molecule has 0 bridgehead atoms.